The van der Waals surface area contributed by atoms with Crippen molar-refractivity contribution in [1.82, 2.24) is 10.2 Å². The highest BCUT2D eigenvalue weighted by atomic mass is 79.9. The summed E-state index contributed by atoms with van der Waals surface area (Å²) in [6.45, 7) is 7.21. The number of carbonyl (C=O) groups excluding carboxylic acids is 2. The van der Waals surface area contributed by atoms with Crippen LogP contribution < -0.4 is 14.4 Å². The summed E-state index contributed by atoms with van der Waals surface area (Å²) in [5, 5.41) is 3.64. The molecular weight excluding hydrogens is 737 g/mol. The second-order valence-electron chi connectivity index (χ2n) is 12.1. The molecule has 12 heteroatoms. The lowest BCUT2D eigenvalue weighted by atomic mass is 10.0. The normalized spacial score (nSPS) is 12.2. The van der Waals surface area contributed by atoms with Crippen LogP contribution in [0.15, 0.2) is 106 Å². The maximum Gasteiger partial charge on any atom is 0.264 e. The van der Waals surface area contributed by atoms with Gasteiger partial charge in [0.1, 0.15) is 18.3 Å². The number of hydrogen-bond donors (Lipinski definition) is 1. The van der Waals surface area contributed by atoms with Gasteiger partial charge in [0, 0.05) is 23.0 Å². The average Bonchev–Trinajstić information content (AvgIpc) is 3.03. The maximum atomic E-state index is 14.6. The first-order chi connectivity index (χ1) is 22.7. The Balaban J connectivity index is 1.83. The van der Waals surface area contributed by atoms with Crippen molar-refractivity contribution in [2.24, 2.45) is 0 Å². The number of nitrogens with one attached hydrogen (secondary N) is 1. The number of carbonyl (C=O) groups is 2. The number of amides is 2. The highest BCUT2D eigenvalue weighted by Crippen LogP contribution is 2.29. The van der Waals surface area contributed by atoms with E-state index in [9.17, 15) is 18.0 Å². The second-order valence-corrected chi connectivity index (χ2v) is 15.7. The molecule has 0 aromatic heterocycles. The van der Waals surface area contributed by atoms with E-state index in [4.69, 9.17) is 27.9 Å². The van der Waals surface area contributed by atoms with Crippen LogP contribution >= 0.6 is 39.1 Å². The molecule has 8 nitrogen and oxygen atoms in total. The molecule has 0 saturated carbocycles. The molecule has 0 bridgehead atoms. The molecule has 0 fully saturated rings. The van der Waals surface area contributed by atoms with Gasteiger partial charge in [-0.3, -0.25) is 13.9 Å². The van der Waals surface area contributed by atoms with Crippen LogP contribution in [0.25, 0.3) is 0 Å². The number of halogens is 3. The summed E-state index contributed by atoms with van der Waals surface area (Å²) in [6, 6.07) is 26.0. The van der Waals surface area contributed by atoms with E-state index >= 15 is 0 Å². The lowest BCUT2D eigenvalue weighted by Crippen LogP contribution is -2.56. The molecule has 0 spiro atoms. The molecule has 0 aliphatic rings. The molecule has 4 rings (SSSR count). The molecule has 4 aromatic carbocycles. The van der Waals surface area contributed by atoms with Gasteiger partial charge in [-0.05, 0) is 99.5 Å². The van der Waals surface area contributed by atoms with E-state index in [0.29, 0.717) is 27.4 Å². The summed E-state index contributed by atoms with van der Waals surface area (Å²) in [5.74, 6) is -0.430. The van der Waals surface area contributed by atoms with Crippen molar-refractivity contribution in [3.05, 3.63) is 123 Å². The summed E-state index contributed by atoms with van der Waals surface area (Å²) in [5.41, 5.74) is 1.08. The highest BCUT2D eigenvalue weighted by molar-refractivity contribution is 9.10. The lowest BCUT2D eigenvalue weighted by molar-refractivity contribution is -0.140. The minimum absolute atomic E-state index is 0.00488. The lowest BCUT2D eigenvalue weighted by Gasteiger charge is -2.35. The standard InChI is InChI=1S/C36H38BrCl2N3O5S/c1-5-47-29-16-14-28(15-17-29)42(48(45,46)30-18-12-27(37)13-19-30)24-34(43)41(23-26-11-20-31(38)32(39)21-26)33(35(44)40-36(2,3)4)22-25-9-7-6-8-10-25/h6-21,33H,5,22-24H2,1-4H3,(H,40,44)/t33-/m0/s1. The zero-order chi connectivity index (χ0) is 35.1. The number of rotatable bonds is 13. The van der Waals surface area contributed by atoms with Gasteiger partial charge in [-0.2, -0.15) is 0 Å². The smallest absolute Gasteiger partial charge is 0.264 e. The Labute approximate surface area is 301 Å². The van der Waals surface area contributed by atoms with Gasteiger partial charge >= 0.3 is 0 Å². The monoisotopic (exact) mass is 773 g/mol. The molecule has 0 radical (unpaired) electrons. The van der Waals surface area contributed by atoms with Gasteiger partial charge in [0.05, 0.1) is 27.2 Å². The fourth-order valence-corrected chi connectivity index (χ4v) is 6.98. The molecular formula is C36H38BrCl2N3O5S. The van der Waals surface area contributed by atoms with E-state index in [1.165, 1.54) is 17.0 Å². The van der Waals surface area contributed by atoms with Crippen LogP contribution in [-0.2, 0) is 32.6 Å². The van der Waals surface area contributed by atoms with E-state index in [1.807, 2.05) is 58.0 Å². The summed E-state index contributed by atoms with van der Waals surface area (Å²) in [6.07, 6.45) is 0.179. The summed E-state index contributed by atoms with van der Waals surface area (Å²) >= 11 is 15.9. The molecule has 0 aliphatic heterocycles. The Hall–Kier alpha value is -3.57. The number of nitrogens with zero attached hydrogens (tertiary/aromatic N) is 2. The van der Waals surface area contributed by atoms with Gasteiger partial charge in [-0.1, -0.05) is 75.5 Å². The van der Waals surface area contributed by atoms with Crippen molar-refractivity contribution in [1.29, 1.82) is 0 Å². The van der Waals surface area contributed by atoms with Crippen LogP contribution in [-0.4, -0.2) is 49.9 Å². The van der Waals surface area contributed by atoms with Crippen molar-refractivity contribution in [2.45, 2.75) is 57.1 Å². The van der Waals surface area contributed by atoms with Crippen molar-refractivity contribution < 1.29 is 22.7 Å². The SMILES string of the molecule is CCOc1ccc(N(CC(=O)N(Cc2ccc(Cl)c(Cl)c2)[C@@H](Cc2ccccc2)C(=O)NC(C)(C)C)S(=O)(=O)c2ccc(Br)cc2)cc1. The zero-order valence-electron chi connectivity index (χ0n) is 27.1. The van der Waals surface area contributed by atoms with E-state index in [-0.39, 0.29) is 34.5 Å². The first-order valence-electron chi connectivity index (χ1n) is 15.3. The Morgan fingerprint density at radius 2 is 1.52 bits per heavy atom. The number of sulfonamides is 1. The van der Waals surface area contributed by atoms with Crippen LogP contribution in [0.3, 0.4) is 0 Å². The second kappa shape index (κ2) is 16.2. The van der Waals surface area contributed by atoms with Crippen molar-refractivity contribution in [2.75, 3.05) is 17.5 Å². The maximum absolute atomic E-state index is 14.6. The van der Waals surface area contributed by atoms with Crippen LogP contribution in [0, 0.1) is 0 Å². The van der Waals surface area contributed by atoms with Gasteiger partial charge in [-0.25, -0.2) is 8.42 Å². The van der Waals surface area contributed by atoms with Gasteiger partial charge in [0.25, 0.3) is 10.0 Å². The number of anilines is 1. The van der Waals surface area contributed by atoms with Gasteiger partial charge in [-0.15, -0.1) is 0 Å². The first kappa shape index (κ1) is 37.3. The van der Waals surface area contributed by atoms with Gasteiger partial charge in [0.2, 0.25) is 11.8 Å². The Morgan fingerprint density at radius 1 is 0.875 bits per heavy atom. The summed E-state index contributed by atoms with van der Waals surface area (Å²) in [4.78, 5) is 30.1. The minimum Gasteiger partial charge on any atom is -0.494 e. The Kier molecular flexibility index (Phi) is 12.6. The molecule has 1 N–H and O–H groups in total. The molecule has 1 atom stereocenters. The summed E-state index contributed by atoms with van der Waals surface area (Å²) in [7, 11) is -4.26. The fourth-order valence-electron chi connectivity index (χ4n) is 4.98. The van der Waals surface area contributed by atoms with E-state index in [1.54, 1.807) is 54.6 Å². The molecule has 0 saturated heterocycles. The zero-order valence-corrected chi connectivity index (χ0v) is 31.0. The first-order valence-corrected chi connectivity index (χ1v) is 18.3. The fraction of sp³-hybridized carbons (Fsp3) is 0.278. The number of benzene rings is 4. The molecule has 0 unspecified atom stereocenters. The van der Waals surface area contributed by atoms with Crippen molar-refractivity contribution in [3.8, 4) is 5.75 Å². The average molecular weight is 776 g/mol. The van der Waals surface area contributed by atoms with E-state index in [0.717, 1.165) is 9.87 Å². The largest absolute Gasteiger partial charge is 0.494 e. The molecule has 0 aliphatic carbocycles. The van der Waals surface area contributed by atoms with Gasteiger partial charge < -0.3 is 15.0 Å². The third-order valence-corrected chi connectivity index (χ3v) is 10.3. The quantitative estimate of drug-likeness (QED) is 0.149. The Bertz CT molecular complexity index is 1820. The van der Waals surface area contributed by atoms with E-state index < -0.39 is 34.1 Å². The third kappa shape index (κ3) is 9.98. The molecule has 48 heavy (non-hydrogen) atoms. The predicted molar refractivity (Wildman–Crippen MR) is 195 cm³/mol. The van der Waals surface area contributed by atoms with E-state index in [2.05, 4.69) is 21.2 Å². The number of ether oxygens (including phenoxy) is 1. The van der Waals surface area contributed by atoms with Crippen LogP contribution in [0.5, 0.6) is 5.75 Å². The van der Waals surface area contributed by atoms with Crippen LogP contribution in [0.1, 0.15) is 38.8 Å². The minimum atomic E-state index is -4.26. The van der Waals surface area contributed by atoms with Crippen LogP contribution in [0.2, 0.25) is 10.0 Å². The van der Waals surface area contributed by atoms with Crippen LogP contribution in [0.4, 0.5) is 5.69 Å². The molecule has 254 valence electrons. The molecule has 0 heterocycles. The third-order valence-electron chi connectivity index (χ3n) is 7.22. The van der Waals surface area contributed by atoms with Crippen molar-refractivity contribution in [3.63, 3.8) is 0 Å². The number of hydrogen-bond acceptors (Lipinski definition) is 5. The predicted octanol–water partition coefficient (Wildman–Crippen LogP) is 7.90. The molecule has 4 aromatic rings. The molecule has 2 amide bonds. The van der Waals surface area contributed by atoms with Crippen molar-refractivity contribution >= 4 is 66.7 Å². The Morgan fingerprint density at radius 3 is 2.10 bits per heavy atom. The van der Waals surface area contributed by atoms with Gasteiger partial charge in [0.15, 0.2) is 0 Å². The summed E-state index contributed by atoms with van der Waals surface area (Å²) < 4.78 is 35.8. The topological polar surface area (TPSA) is 96.0 Å². The highest BCUT2D eigenvalue weighted by Gasteiger charge is 2.35.